The predicted molar refractivity (Wildman–Crippen MR) is 133 cm³/mol. The fourth-order valence-electron chi connectivity index (χ4n) is 4.44. The zero-order chi connectivity index (χ0) is 25.3. The van der Waals surface area contributed by atoms with Gasteiger partial charge in [0.1, 0.15) is 5.82 Å². The number of halogens is 1. The molecule has 182 valence electrons. The molecule has 3 aromatic carbocycles. The maximum absolute atomic E-state index is 14.2. The largest absolute Gasteiger partial charge is 0.479 e. The lowest BCUT2D eigenvalue weighted by Gasteiger charge is -2.27. The van der Waals surface area contributed by atoms with Gasteiger partial charge in [-0.25, -0.2) is 9.18 Å². The number of ether oxygens (including phenoxy) is 1. The molecule has 35 heavy (non-hydrogen) atoms. The molecular weight excluding hydrogens is 445 g/mol. The van der Waals surface area contributed by atoms with E-state index in [4.69, 9.17) is 4.74 Å². The first kappa shape index (κ1) is 24.6. The summed E-state index contributed by atoms with van der Waals surface area (Å²) < 4.78 is 19.7. The van der Waals surface area contributed by atoms with Crippen LogP contribution in [0.1, 0.15) is 59.3 Å². The molecule has 5 nitrogen and oxygen atoms in total. The number of aryl methyl sites for hydroxylation is 1. The van der Waals surface area contributed by atoms with Crippen molar-refractivity contribution in [3.63, 3.8) is 0 Å². The minimum absolute atomic E-state index is 0.0291. The number of carboxylic acid groups (broad SMARTS) is 1. The second-order valence-corrected chi connectivity index (χ2v) is 9.70. The summed E-state index contributed by atoms with van der Waals surface area (Å²) >= 11 is 0. The lowest BCUT2D eigenvalue weighted by atomic mass is 9.87. The summed E-state index contributed by atoms with van der Waals surface area (Å²) in [7, 11) is 0. The van der Waals surface area contributed by atoms with Gasteiger partial charge < -0.3 is 14.7 Å². The van der Waals surface area contributed by atoms with Gasteiger partial charge in [0.25, 0.3) is 0 Å². The zero-order valence-electron chi connectivity index (χ0n) is 20.4. The molecular formula is C29H30FNO4. The molecule has 1 N–H and O–H groups in total. The standard InChI is InChI=1S/C29H30FNO4/c1-18-5-11-22(12-6-18)27(32)26-19(2)31(25-15-23(30)13-14-24(25)26)16-20-7-9-21(10-8-20)17-35-29(3,4)28(33)34/h5-15,19,26H,16-17H2,1-4H3,(H,33,34). The molecule has 1 aliphatic rings. The molecule has 0 saturated carbocycles. The molecule has 0 spiro atoms. The van der Waals surface area contributed by atoms with E-state index in [-0.39, 0.29) is 30.2 Å². The highest BCUT2D eigenvalue weighted by atomic mass is 19.1. The van der Waals surface area contributed by atoms with Gasteiger partial charge in [0.15, 0.2) is 11.4 Å². The minimum Gasteiger partial charge on any atom is -0.479 e. The van der Waals surface area contributed by atoms with Gasteiger partial charge in [-0.2, -0.15) is 0 Å². The van der Waals surface area contributed by atoms with Crippen molar-refractivity contribution in [1.82, 2.24) is 0 Å². The molecule has 1 heterocycles. The fraction of sp³-hybridized carbons (Fsp3) is 0.310. The van der Waals surface area contributed by atoms with Crippen molar-refractivity contribution in [2.24, 2.45) is 0 Å². The van der Waals surface area contributed by atoms with Crippen molar-refractivity contribution in [3.05, 3.63) is 100 Å². The van der Waals surface area contributed by atoms with E-state index in [1.165, 1.54) is 26.0 Å². The zero-order valence-corrected chi connectivity index (χ0v) is 20.4. The first-order chi connectivity index (χ1) is 16.6. The number of ketones is 1. The lowest BCUT2D eigenvalue weighted by molar-refractivity contribution is -0.162. The van der Waals surface area contributed by atoms with Crippen LogP contribution in [-0.4, -0.2) is 28.5 Å². The Balaban J connectivity index is 1.55. The van der Waals surface area contributed by atoms with E-state index < -0.39 is 11.6 Å². The number of fused-ring (bicyclic) bond motifs is 1. The number of Topliss-reactive ketones (excluding diaryl/α,β-unsaturated/α-hetero) is 1. The molecule has 4 rings (SSSR count). The van der Waals surface area contributed by atoms with Gasteiger partial charge in [0, 0.05) is 23.8 Å². The number of carboxylic acids is 1. The van der Waals surface area contributed by atoms with Crippen LogP contribution in [0.2, 0.25) is 0 Å². The molecule has 2 atom stereocenters. The van der Waals surface area contributed by atoms with Gasteiger partial charge in [-0.05, 0) is 56.5 Å². The predicted octanol–water partition coefficient (Wildman–Crippen LogP) is 5.89. The van der Waals surface area contributed by atoms with Crippen molar-refractivity contribution in [1.29, 1.82) is 0 Å². The molecule has 6 heteroatoms. The number of hydrogen-bond donors (Lipinski definition) is 1. The van der Waals surface area contributed by atoms with Crippen molar-refractivity contribution in [3.8, 4) is 0 Å². The van der Waals surface area contributed by atoms with Crippen LogP contribution in [0.4, 0.5) is 10.1 Å². The maximum Gasteiger partial charge on any atom is 0.335 e. The highest BCUT2D eigenvalue weighted by Crippen LogP contribution is 2.43. The molecule has 0 bridgehead atoms. The van der Waals surface area contributed by atoms with Crippen LogP contribution in [0.25, 0.3) is 0 Å². The van der Waals surface area contributed by atoms with E-state index >= 15 is 0 Å². The SMILES string of the molecule is Cc1ccc(C(=O)C2c3ccc(F)cc3N(Cc3ccc(COC(C)(C)C(=O)O)cc3)C2C)cc1. The second kappa shape index (κ2) is 9.62. The summed E-state index contributed by atoms with van der Waals surface area (Å²) in [5.74, 6) is -1.71. The summed E-state index contributed by atoms with van der Waals surface area (Å²) in [6.07, 6.45) is 0. The summed E-state index contributed by atoms with van der Waals surface area (Å²) in [6, 6.07) is 19.7. The average Bonchev–Trinajstić information content (AvgIpc) is 3.09. The Hall–Kier alpha value is -3.51. The van der Waals surface area contributed by atoms with Crippen LogP contribution in [0, 0.1) is 12.7 Å². The van der Waals surface area contributed by atoms with Crippen LogP contribution >= 0.6 is 0 Å². The fourth-order valence-corrected chi connectivity index (χ4v) is 4.44. The number of carbonyl (C=O) groups excluding carboxylic acids is 1. The summed E-state index contributed by atoms with van der Waals surface area (Å²) in [5.41, 5.74) is 3.90. The third-order valence-electron chi connectivity index (χ3n) is 6.72. The average molecular weight is 476 g/mol. The molecule has 0 aromatic heterocycles. The van der Waals surface area contributed by atoms with Crippen LogP contribution in [0.5, 0.6) is 0 Å². The second-order valence-electron chi connectivity index (χ2n) is 9.70. The van der Waals surface area contributed by atoms with E-state index in [0.717, 1.165) is 27.9 Å². The van der Waals surface area contributed by atoms with Crippen LogP contribution in [-0.2, 0) is 22.7 Å². The van der Waals surface area contributed by atoms with Crippen LogP contribution < -0.4 is 4.90 Å². The van der Waals surface area contributed by atoms with Gasteiger partial charge in [0.2, 0.25) is 0 Å². The monoisotopic (exact) mass is 475 g/mol. The smallest absolute Gasteiger partial charge is 0.335 e. The maximum atomic E-state index is 14.2. The molecule has 1 aliphatic heterocycles. The van der Waals surface area contributed by atoms with Gasteiger partial charge in [0.05, 0.1) is 12.5 Å². The summed E-state index contributed by atoms with van der Waals surface area (Å²) in [5, 5.41) is 9.21. The van der Waals surface area contributed by atoms with E-state index in [1.807, 2.05) is 62.4 Å². The summed E-state index contributed by atoms with van der Waals surface area (Å²) in [4.78, 5) is 26.8. The van der Waals surface area contributed by atoms with Crippen molar-refractivity contribution < 1.29 is 23.8 Å². The third kappa shape index (κ3) is 5.13. The molecule has 0 fully saturated rings. The van der Waals surface area contributed by atoms with E-state index in [0.29, 0.717) is 12.1 Å². The number of hydrogen-bond acceptors (Lipinski definition) is 4. The first-order valence-electron chi connectivity index (χ1n) is 11.7. The molecule has 0 aliphatic carbocycles. The number of aliphatic carboxylic acids is 1. The number of carbonyl (C=O) groups is 2. The van der Waals surface area contributed by atoms with Crippen LogP contribution in [0.15, 0.2) is 66.7 Å². The van der Waals surface area contributed by atoms with Crippen molar-refractivity contribution >= 4 is 17.4 Å². The Kier molecular flexibility index (Phi) is 6.77. The Morgan fingerprint density at radius 3 is 2.26 bits per heavy atom. The van der Waals surface area contributed by atoms with E-state index in [1.54, 1.807) is 6.07 Å². The quantitative estimate of drug-likeness (QED) is 0.412. The normalized spacial score (nSPS) is 17.3. The van der Waals surface area contributed by atoms with Gasteiger partial charge >= 0.3 is 5.97 Å². The van der Waals surface area contributed by atoms with Crippen molar-refractivity contribution in [2.75, 3.05) is 4.90 Å². The highest BCUT2D eigenvalue weighted by molar-refractivity contribution is 6.03. The first-order valence-corrected chi connectivity index (χ1v) is 11.7. The Morgan fingerprint density at radius 1 is 1.00 bits per heavy atom. The minimum atomic E-state index is -1.27. The third-order valence-corrected chi connectivity index (χ3v) is 6.72. The lowest BCUT2D eigenvalue weighted by Crippen LogP contribution is -2.34. The Morgan fingerprint density at radius 2 is 1.63 bits per heavy atom. The van der Waals surface area contributed by atoms with Crippen molar-refractivity contribution in [2.45, 2.75) is 58.4 Å². The van der Waals surface area contributed by atoms with Gasteiger partial charge in [-0.3, -0.25) is 4.79 Å². The molecule has 0 radical (unpaired) electrons. The molecule has 2 unspecified atom stereocenters. The van der Waals surface area contributed by atoms with Gasteiger partial charge in [-0.1, -0.05) is 60.2 Å². The number of benzene rings is 3. The Labute approximate surface area is 205 Å². The molecule has 0 saturated heterocycles. The Bertz CT molecular complexity index is 1230. The van der Waals surface area contributed by atoms with E-state index in [2.05, 4.69) is 4.90 Å². The molecule has 3 aromatic rings. The summed E-state index contributed by atoms with van der Waals surface area (Å²) in [6.45, 7) is 7.71. The number of nitrogens with zero attached hydrogens (tertiary/aromatic N) is 1. The molecule has 0 amide bonds. The van der Waals surface area contributed by atoms with E-state index in [9.17, 15) is 19.1 Å². The van der Waals surface area contributed by atoms with Crippen LogP contribution in [0.3, 0.4) is 0 Å². The number of rotatable bonds is 8. The highest BCUT2D eigenvalue weighted by Gasteiger charge is 2.40. The van der Waals surface area contributed by atoms with Gasteiger partial charge in [-0.15, -0.1) is 0 Å². The number of anilines is 1. The topological polar surface area (TPSA) is 66.8 Å².